The Hall–Kier alpha value is -0.0800. The van der Waals surface area contributed by atoms with Crippen molar-refractivity contribution in [2.45, 2.75) is 58.8 Å². The van der Waals surface area contributed by atoms with Crippen molar-refractivity contribution in [2.75, 3.05) is 19.7 Å². The van der Waals surface area contributed by atoms with E-state index in [0.29, 0.717) is 12.5 Å². The maximum atomic E-state index is 8.82. The highest BCUT2D eigenvalue weighted by molar-refractivity contribution is 4.55. The molecule has 0 heterocycles. The first-order valence-electron chi connectivity index (χ1n) is 6.62. The second-order valence-electron chi connectivity index (χ2n) is 4.61. The van der Waals surface area contributed by atoms with Crippen molar-refractivity contribution in [2.24, 2.45) is 5.92 Å². The van der Waals surface area contributed by atoms with Gasteiger partial charge in [0, 0.05) is 6.61 Å². The van der Waals surface area contributed by atoms with Crippen molar-refractivity contribution in [3.8, 4) is 0 Å². The highest BCUT2D eigenvalue weighted by Gasteiger charge is 1.97. The van der Waals surface area contributed by atoms with Crippen LogP contribution in [0.2, 0.25) is 0 Å². The number of rotatable bonds is 11. The second-order valence-corrected chi connectivity index (χ2v) is 4.61. The van der Waals surface area contributed by atoms with E-state index < -0.39 is 0 Å². The molecule has 0 aliphatic heterocycles. The summed E-state index contributed by atoms with van der Waals surface area (Å²) in [6.07, 6.45) is 9.56. The van der Waals surface area contributed by atoms with E-state index in [1.165, 1.54) is 44.9 Å². The van der Waals surface area contributed by atoms with Crippen molar-refractivity contribution < 1.29 is 5.11 Å². The van der Waals surface area contributed by atoms with E-state index in [2.05, 4.69) is 19.2 Å². The lowest BCUT2D eigenvalue weighted by atomic mass is 10.1. The average Bonchev–Trinajstić information content (AvgIpc) is 2.26. The Kier molecular flexibility index (Phi) is 11.9. The van der Waals surface area contributed by atoms with Gasteiger partial charge >= 0.3 is 0 Å². The highest BCUT2D eigenvalue weighted by atomic mass is 16.3. The Balaban J connectivity index is 2.92. The summed E-state index contributed by atoms with van der Waals surface area (Å²) in [5.74, 6) is 0.398. The first-order chi connectivity index (χ1) is 7.31. The van der Waals surface area contributed by atoms with Crippen LogP contribution in [0, 0.1) is 5.92 Å². The molecule has 0 saturated heterocycles. The summed E-state index contributed by atoms with van der Waals surface area (Å²) in [6, 6.07) is 0. The quantitative estimate of drug-likeness (QED) is 0.519. The lowest BCUT2D eigenvalue weighted by Gasteiger charge is -2.09. The predicted molar refractivity (Wildman–Crippen MR) is 67.1 cm³/mol. The molecule has 0 aromatic rings. The van der Waals surface area contributed by atoms with Crippen LogP contribution in [0.3, 0.4) is 0 Å². The molecular formula is C13H29NO. The fraction of sp³-hybridized carbons (Fsp3) is 1.00. The molecule has 0 amide bonds. The van der Waals surface area contributed by atoms with E-state index in [0.717, 1.165) is 13.1 Å². The van der Waals surface area contributed by atoms with E-state index in [9.17, 15) is 0 Å². The lowest BCUT2D eigenvalue weighted by molar-refractivity contribution is 0.234. The molecule has 0 radical (unpaired) electrons. The van der Waals surface area contributed by atoms with Crippen LogP contribution in [0.15, 0.2) is 0 Å². The Labute approximate surface area is 95.5 Å². The standard InChI is InChI=1S/C13H29NO/c1-3-4-5-6-7-8-9-10-14-11-13(2)12-15/h13-15H,3-12H2,1-2H3. The number of hydrogen-bond donors (Lipinski definition) is 2. The monoisotopic (exact) mass is 215 g/mol. The van der Waals surface area contributed by atoms with Crippen molar-refractivity contribution in [3.05, 3.63) is 0 Å². The van der Waals surface area contributed by atoms with Gasteiger partial charge in [0.25, 0.3) is 0 Å². The van der Waals surface area contributed by atoms with Crippen LogP contribution in [0.4, 0.5) is 0 Å². The summed E-state index contributed by atoms with van der Waals surface area (Å²) in [6.45, 7) is 6.68. The van der Waals surface area contributed by atoms with Crippen LogP contribution in [-0.4, -0.2) is 24.8 Å². The van der Waals surface area contributed by atoms with Crippen LogP contribution in [0.25, 0.3) is 0 Å². The molecule has 1 unspecified atom stereocenters. The molecule has 0 fully saturated rings. The third kappa shape index (κ3) is 11.8. The van der Waals surface area contributed by atoms with Crippen molar-refractivity contribution in [1.82, 2.24) is 5.32 Å². The Morgan fingerprint density at radius 2 is 1.60 bits per heavy atom. The molecule has 0 aromatic heterocycles. The van der Waals surface area contributed by atoms with Gasteiger partial charge in [-0.15, -0.1) is 0 Å². The fourth-order valence-electron chi connectivity index (χ4n) is 1.62. The van der Waals surface area contributed by atoms with E-state index >= 15 is 0 Å². The maximum absolute atomic E-state index is 8.82. The molecule has 0 aliphatic rings. The number of aliphatic hydroxyl groups excluding tert-OH is 1. The van der Waals surface area contributed by atoms with Gasteiger partial charge in [-0.1, -0.05) is 52.4 Å². The van der Waals surface area contributed by atoms with Gasteiger partial charge in [-0.3, -0.25) is 0 Å². The van der Waals surface area contributed by atoms with Gasteiger partial charge in [-0.25, -0.2) is 0 Å². The molecule has 0 bridgehead atoms. The summed E-state index contributed by atoms with van der Waals surface area (Å²) in [5.41, 5.74) is 0. The van der Waals surface area contributed by atoms with Crippen LogP contribution in [-0.2, 0) is 0 Å². The van der Waals surface area contributed by atoms with Crippen molar-refractivity contribution >= 4 is 0 Å². The smallest absolute Gasteiger partial charge is 0.0468 e. The summed E-state index contributed by atoms with van der Waals surface area (Å²) in [4.78, 5) is 0. The molecule has 0 saturated carbocycles. The molecule has 0 aliphatic carbocycles. The van der Waals surface area contributed by atoms with E-state index in [1.807, 2.05) is 0 Å². The largest absolute Gasteiger partial charge is 0.396 e. The van der Waals surface area contributed by atoms with E-state index in [1.54, 1.807) is 0 Å². The minimum absolute atomic E-state index is 0.296. The highest BCUT2D eigenvalue weighted by Crippen LogP contribution is 2.06. The topological polar surface area (TPSA) is 32.3 Å². The zero-order valence-corrected chi connectivity index (χ0v) is 10.6. The molecule has 92 valence electrons. The summed E-state index contributed by atoms with van der Waals surface area (Å²) in [7, 11) is 0. The first kappa shape index (κ1) is 14.9. The van der Waals surface area contributed by atoms with Crippen LogP contribution in [0.1, 0.15) is 58.8 Å². The summed E-state index contributed by atoms with van der Waals surface area (Å²) < 4.78 is 0. The molecule has 0 aromatic carbocycles. The number of aliphatic hydroxyl groups is 1. The minimum atomic E-state index is 0.296. The molecule has 0 rings (SSSR count). The maximum Gasteiger partial charge on any atom is 0.0468 e. The fourth-order valence-corrected chi connectivity index (χ4v) is 1.62. The van der Waals surface area contributed by atoms with Gasteiger partial charge in [0.05, 0.1) is 0 Å². The zero-order valence-electron chi connectivity index (χ0n) is 10.6. The third-order valence-electron chi connectivity index (χ3n) is 2.76. The molecule has 1 atom stereocenters. The molecule has 15 heavy (non-hydrogen) atoms. The number of unbranched alkanes of at least 4 members (excludes halogenated alkanes) is 6. The average molecular weight is 215 g/mol. The van der Waals surface area contributed by atoms with Gasteiger partial charge < -0.3 is 10.4 Å². The predicted octanol–water partition coefficient (Wildman–Crippen LogP) is 2.96. The molecule has 0 spiro atoms. The summed E-state index contributed by atoms with van der Waals surface area (Å²) in [5, 5.41) is 12.2. The molecule has 2 N–H and O–H groups in total. The van der Waals surface area contributed by atoms with Crippen molar-refractivity contribution in [1.29, 1.82) is 0 Å². The first-order valence-corrected chi connectivity index (χ1v) is 6.62. The van der Waals surface area contributed by atoms with Gasteiger partial charge in [0.2, 0.25) is 0 Å². The minimum Gasteiger partial charge on any atom is -0.396 e. The van der Waals surface area contributed by atoms with Gasteiger partial charge in [-0.05, 0) is 25.4 Å². The molecule has 2 heteroatoms. The van der Waals surface area contributed by atoms with Gasteiger partial charge in [0.1, 0.15) is 0 Å². The van der Waals surface area contributed by atoms with E-state index in [4.69, 9.17) is 5.11 Å². The molecule has 2 nitrogen and oxygen atoms in total. The van der Waals surface area contributed by atoms with Gasteiger partial charge in [-0.2, -0.15) is 0 Å². The summed E-state index contributed by atoms with van der Waals surface area (Å²) >= 11 is 0. The SMILES string of the molecule is CCCCCCCCCNCC(C)CO. The van der Waals surface area contributed by atoms with E-state index in [-0.39, 0.29) is 0 Å². The number of hydrogen-bond acceptors (Lipinski definition) is 2. The third-order valence-corrected chi connectivity index (χ3v) is 2.76. The van der Waals surface area contributed by atoms with Crippen molar-refractivity contribution in [3.63, 3.8) is 0 Å². The van der Waals surface area contributed by atoms with Crippen LogP contribution in [0.5, 0.6) is 0 Å². The Morgan fingerprint density at radius 3 is 2.20 bits per heavy atom. The Bertz CT molecular complexity index is 117. The van der Waals surface area contributed by atoms with Gasteiger partial charge in [0.15, 0.2) is 0 Å². The zero-order chi connectivity index (χ0) is 11.4. The lowest BCUT2D eigenvalue weighted by Crippen LogP contribution is -2.24. The normalized spacial score (nSPS) is 13.0. The second kappa shape index (κ2) is 12.0. The number of nitrogens with one attached hydrogen (secondary N) is 1. The Morgan fingerprint density at radius 1 is 1.00 bits per heavy atom. The van der Waals surface area contributed by atoms with Crippen LogP contribution < -0.4 is 5.32 Å². The van der Waals surface area contributed by atoms with Crippen LogP contribution >= 0.6 is 0 Å². The molecular weight excluding hydrogens is 186 g/mol.